The third kappa shape index (κ3) is 3.00. The van der Waals surface area contributed by atoms with Gasteiger partial charge in [-0.3, -0.25) is 9.78 Å². The Morgan fingerprint density at radius 2 is 2.00 bits per heavy atom. The highest BCUT2D eigenvalue weighted by Crippen LogP contribution is 2.20. The second-order valence-corrected chi connectivity index (χ2v) is 4.94. The summed E-state index contributed by atoms with van der Waals surface area (Å²) in [5, 5.41) is 2.82. The quantitative estimate of drug-likeness (QED) is 0.851. The van der Waals surface area contributed by atoms with Gasteiger partial charge < -0.3 is 11.1 Å². The van der Waals surface area contributed by atoms with Gasteiger partial charge in [-0.25, -0.2) is 0 Å². The van der Waals surface area contributed by atoms with Gasteiger partial charge in [-0.15, -0.1) is 0 Å². The average Bonchev–Trinajstić information content (AvgIpc) is 2.39. The van der Waals surface area contributed by atoms with E-state index < -0.39 is 0 Å². The first-order chi connectivity index (χ1) is 9.49. The van der Waals surface area contributed by atoms with Crippen molar-refractivity contribution in [1.82, 2.24) is 4.98 Å². The molecule has 0 spiro atoms. The topological polar surface area (TPSA) is 68.0 Å². The fourth-order valence-electron chi connectivity index (χ4n) is 1.90. The minimum Gasteiger partial charge on any atom is -0.389 e. The van der Waals surface area contributed by atoms with E-state index in [1.165, 1.54) is 0 Å². The van der Waals surface area contributed by atoms with Crippen LogP contribution in [0.4, 0.5) is 5.69 Å². The molecular weight excluding hydrogens is 270 g/mol. The Bertz CT molecular complexity index is 665. The van der Waals surface area contributed by atoms with Crippen molar-refractivity contribution in [2.45, 2.75) is 13.8 Å². The highest BCUT2D eigenvalue weighted by Gasteiger charge is 2.12. The van der Waals surface area contributed by atoms with E-state index in [1.807, 2.05) is 26.0 Å². The molecule has 0 unspecified atom stereocenters. The standard InChI is InChI=1S/C15H15N3OS/c1-9-4-3-5-12(13(9)14(16)20)18-15(19)11-7-6-10(2)17-8-11/h3-8H,1-2H3,(H2,16,20)(H,18,19). The molecule has 0 aliphatic rings. The molecule has 2 rings (SSSR count). The summed E-state index contributed by atoms with van der Waals surface area (Å²) in [5.74, 6) is -0.236. The number of carbonyl (C=O) groups excluding carboxylic acids is 1. The van der Waals surface area contributed by atoms with Crippen molar-refractivity contribution in [3.8, 4) is 0 Å². The number of nitrogens with zero attached hydrogens (tertiary/aromatic N) is 1. The first kappa shape index (κ1) is 14.1. The van der Waals surface area contributed by atoms with Crippen LogP contribution in [0.3, 0.4) is 0 Å². The normalized spacial score (nSPS) is 10.1. The Hall–Kier alpha value is -2.27. The van der Waals surface area contributed by atoms with Crippen molar-refractivity contribution >= 4 is 28.8 Å². The number of aryl methyl sites for hydroxylation is 2. The van der Waals surface area contributed by atoms with E-state index in [2.05, 4.69) is 10.3 Å². The predicted molar refractivity (Wildman–Crippen MR) is 84.0 cm³/mol. The largest absolute Gasteiger partial charge is 0.389 e. The van der Waals surface area contributed by atoms with E-state index in [4.69, 9.17) is 18.0 Å². The van der Waals surface area contributed by atoms with Crippen LogP contribution in [0.25, 0.3) is 0 Å². The summed E-state index contributed by atoms with van der Waals surface area (Å²) < 4.78 is 0. The van der Waals surface area contributed by atoms with Gasteiger partial charge in [-0.2, -0.15) is 0 Å². The van der Waals surface area contributed by atoms with Gasteiger partial charge in [0.15, 0.2) is 0 Å². The lowest BCUT2D eigenvalue weighted by Crippen LogP contribution is -2.18. The lowest BCUT2D eigenvalue weighted by molar-refractivity contribution is 0.102. The van der Waals surface area contributed by atoms with Gasteiger partial charge >= 0.3 is 0 Å². The monoisotopic (exact) mass is 285 g/mol. The summed E-state index contributed by atoms with van der Waals surface area (Å²) in [6.07, 6.45) is 1.54. The van der Waals surface area contributed by atoms with Crippen molar-refractivity contribution in [2.24, 2.45) is 5.73 Å². The third-order valence-corrected chi connectivity index (χ3v) is 3.15. The zero-order valence-electron chi connectivity index (χ0n) is 11.3. The summed E-state index contributed by atoms with van der Waals surface area (Å²) in [6.45, 7) is 3.77. The van der Waals surface area contributed by atoms with Crippen LogP contribution >= 0.6 is 12.2 Å². The van der Waals surface area contributed by atoms with Crippen molar-refractivity contribution < 1.29 is 4.79 Å². The van der Waals surface area contributed by atoms with E-state index in [1.54, 1.807) is 24.4 Å². The van der Waals surface area contributed by atoms with Crippen molar-refractivity contribution in [1.29, 1.82) is 0 Å². The predicted octanol–water partition coefficient (Wildman–Crippen LogP) is 2.58. The van der Waals surface area contributed by atoms with Gasteiger partial charge in [0.05, 0.1) is 11.3 Å². The molecule has 0 saturated carbocycles. The molecule has 3 N–H and O–H groups in total. The second kappa shape index (κ2) is 5.79. The van der Waals surface area contributed by atoms with Gasteiger partial charge in [-0.05, 0) is 37.6 Å². The smallest absolute Gasteiger partial charge is 0.257 e. The number of hydrogen-bond donors (Lipinski definition) is 2. The van der Waals surface area contributed by atoms with E-state index in [9.17, 15) is 4.79 Å². The Labute approximate surface area is 123 Å². The molecule has 0 aliphatic heterocycles. The number of amides is 1. The number of pyridine rings is 1. The van der Waals surface area contributed by atoms with E-state index in [-0.39, 0.29) is 10.9 Å². The average molecular weight is 285 g/mol. The molecular formula is C15H15N3OS. The van der Waals surface area contributed by atoms with Crippen LogP contribution < -0.4 is 11.1 Å². The van der Waals surface area contributed by atoms with Crippen LogP contribution in [0, 0.1) is 13.8 Å². The number of carbonyl (C=O) groups is 1. The van der Waals surface area contributed by atoms with Crippen LogP contribution in [0.1, 0.15) is 27.2 Å². The first-order valence-corrected chi connectivity index (χ1v) is 6.53. The lowest BCUT2D eigenvalue weighted by atomic mass is 10.1. The Morgan fingerprint density at radius 1 is 1.25 bits per heavy atom. The first-order valence-electron chi connectivity index (χ1n) is 6.12. The zero-order valence-corrected chi connectivity index (χ0v) is 12.1. The molecule has 1 heterocycles. The van der Waals surface area contributed by atoms with E-state index in [0.29, 0.717) is 16.8 Å². The summed E-state index contributed by atoms with van der Waals surface area (Å²) in [7, 11) is 0. The van der Waals surface area contributed by atoms with E-state index >= 15 is 0 Å². The minimum absolute atomic E-state index is 0.236. The molecule has 0 radical (unpaired) electrons. The Kier molecular flexibility index (Phi) is 4.10. The molecule has 20 heavy (non-hydrogen) atoms. The van der Waals surface area contributed by atoms with Crippen LogP contribution in [-0.2, 0) is 0 Å². The maximum absolute atomic E-state index is 12.2. The van der Waals surface area contributed by atoms with Crippen LogP contribution in [0.2, 0.25) is 0 Å². The van der Waals surface area contributed by atoms with Crippen molar-refractivity contribution in [3.63, 3.8) is 0 Å². The number of thiocarbonyl (C=S) groups is 1. The number of nitrogens with two attached hydrogens (primary N) is 1. The number of nitrogens with one attached hydrogen (secondary N) is 1. The molecule has 1 amide bonds. The van der Waals surface area contributed by atoms with Gasteiger partial charge in [0.25, 0.3) is 5.91 Å². The molecule has 2 aromatic rings. The number of aromatic nitrogens is 1. The molecule has 0 bridgehead atoms. The second-order valence-electron chi connectivity index (χ2n) is 4.50. The summed E-state index contributed by atoms with van der Waals surface area (Å²) in [5.41, 5.74) is 9.30. The highest BCUT2D eigenvalue weighted by molar-refractivity contribution is 7.80. The minimum atomic E-state index is -0.236. The lowest BCUT2D eigenvalue weighted by Gasteiger charge is -2.12. The van der Waals surface area contributed by atoms with Crippen molar-refractivity contribution in [3.05, 3.63) is 58.9 Å². The Balaban J connectivity index is 2.30. The van der Waals surface area contributed by atoms with Crippen LogP contribution in [0.5, 0.6) is 0 Å². The number of benzene rings is 1. The molecule has 0 saturated heterocycles. The van der Waals surface area contributed by atoms with Gasteiger partial charge in [0.1, 0.15) is 4.99 Å². The van der Waals surface area contributed by atoms with Gasteiger partial charge in [0, 0.05) is 17.5 Å². The fraction of sp³-hybridized carbons (Fsp3) is 0.133. The molecule has 102 valence electrons. The number of rotatable bonds is 3. The van der Waals surface area contributed by atoms with Crippen LogP contribution in [0.15, 0.2) is 36.5 Å². The number of hydrogen-bond acceptors (Lipinski definition) is 3. The summed E-state index contributed by atoms with van der Waals surface area (Å²) >= 11 is 5.04. The van der Waals surface area contributed by atoms with Gasteiger partial charge in [0.2, 0.25) is 0 Å². The van der Waals surface area contributed by atoms with Crippen LogP contribution in [-0.4, -0.2) is 15.9 Å². The molecule has 4 nitrogen and oxygen atoms in total. The summed E-state index contributed by atoms with van der Waals surface area (Å²) in [4.78, 5) is 16.5. The zero-order chi connectivity index (χ0) is 14.7. The Morgan fingerprint density at radius 3 is 2.60 bits per heavy atom. The molecule has 0 fully saturated rings. The highest BCUT2D eigenvalue weighted by atomic mass is 32.1. The molecule has 1 aromatic carbocycles. The maximum atomic E-state index is 12.2. The van der Waals surface area contributed by atoms with Gasteiger partial charge in [-0.1, -0.05) is 24.4 Å². The van der Waals surface area contributed by atoms with Crippen molar-refractivity contribution in [2.75, 3.05) is 5.32 Å². The molecule has 5 heteroatoms. The molecule has 0 aliphatic carbocycles. The molecule has 0 atom stereocenters. The van der Waals surface area contributed by atoms with E-state index in [0.717, 1.165) is 11.3 Å². The number of anilines is 1. The maximum Gasteiger partial charge on any atom is 0.257 e. The third-order valence-electron chi connectivity index (χ3n) is 2.94. The SMILES string of the molecule is Cc1ccc(C(=O)Nc2cccc(C)c2C(N)=S)cn1. The fourth-order valence-corrected chi connectivity index (χ4v) is 2.17. The summed E-state index contributed by atoms with van der Waals surface area (Å²) in [6, 6.07) is 9.05. The molecule has 1 aromatic heterocycles.